The van der Waals surface area contributed by atoms with Crippen molar-refractivity contribution >= 4 is 11.0 Å². The highest BCUT2D eigenvalue weighted by Gasteiger charge is 2.39. The number of aryl methyl sites for hydroxylation is 1. The molecule has 0 amide bonds. The molecular weight excluding hydrogens is 504 g/mol. The normalized spacial score (nSPS) is 18.6. The number of aromatic nitrogens is 4. The van der Waals surface area contributed by atoms with Gasteiger partial charge in [-0.1, -0.05) is 73.7 Å². The molecule has 3 unspecified atom stereocenters. The molecule has 1 aliphatic heterocycles. The highest BCUT2D eigenvalue weighted by Crippen LogP contribution is 2.42. The van der Waals surface area contributed by atoms with Crippen LogP contribution in [0.1, 0.15) is 48.2 Å². The van der Waals surface area contributed by atoms with E-state index in [-0.39, 0.29) is 17.9 Å². The predicted molar refractivity (Wildman–Crippen MR) is 152 cm³/mol. The number of H-pyrrole nitrogens is 1. The van der Waals surface area contributed by atoms with Crippen molar-refractivity contribution in [3.63, 3.8) is 0 Å². The molecule has 3 heterocycles. The standard InChI is InChI=1S/C32H32N4O4/c1-3-22-9-11-24(12-10-22)32(23-7-5-4-6-8-23,25-13-15-26(38-2)16-14-25)39-20-27-17-18-29(40-27)36-21-33-30-28(36)19-34-35-31(30)37/h4-16,19,21,27,29H,3,17-18,20H2,1-2H3,(H,35,37). The summed E-state index contributed by atoms with van der Waals surface area (Å²) in [6.45, 7) is 2.53. The largest absolute Gasteiger partial charge is 0.497 e. The molecule has 0 aliphatic carbocycles. The van der Waals surface area contributed by atoms with Crippen LogP contribution in [0.4, 0.5) is 0 Å². The molecule has 40 heavy (non-hydrogen) atoms. The van der Waals surface area contributed by atoms with Gasteiger partial charge < -0.3 is 18.8 Å². The Morgan fingerprint density at radius 1 is 0.975 bits per heavy atom. The van der Waals surface area contributed by atoms with Crippen LogP contribution in [-0.2, 0) is 21.5 Å². The number of rotatable bonds is 9. The zero-order chi connectivity index (χ0) is 27.5. The maximum Gasteiger partial charge on any atom is 0.292 e. The summed E-state index contributed by atoms with van der Waals surface area (Å²) in [6, 6.07) is 27.1. The molecule has 5 aromatic rings. The molecular formula is C32H32N4O4. The first-order chi connectivity index (χ1) is 19.6. The Kier molecular flexibility index (Phi) is 7.19. The summed E-state index contributed by atoms with van der Waals surface area (Å²) < 4.78 is 20.8. The number of ether oxygens (including phenoxy) is 3. The molecule has 8 nitrogen and oxygen atoms in total. The van der Waals surface area contributed by atoms with Crippen LogP contribution in [0.2, 0.25) is 0 Å². The third-order valence-corrected chi connectivity index (χ3v) is 7.73. The Bertz CT molecular complexity index is 1580. The van der Waals surface area contributed by atoms with Crippen LogP contribution in [0.5, 0.6) is 5.75 Å². The summed E-state index contributed by atoms with van der Waals surface area (Å²) in [5, 5.41) is 6.38. The smallest absolute Gasteiger partial charge is 0.292 e. The minimum Gasteiger partial charge on any atom is -0.497 e. The molecule has 0 radical (unpaired) electrons. The topological polar surface area (TPSA) is 91.3 Å². The number of nitrogens with one attached hydrogen (secondary N) is 1. The molecule has 1 aliphatic rings. The number of imidazole rings is 1. The van der Waals surface area contributed by atoms with E-state index in [0.29, 0.717) is 17.6 Å². The fourth-order valence-electron chi connectivity index (χ4n) is 5.56. The minimum absolute atomic E-state index is 0.145. The van der Waals surface area contributed by atoms with Gasteiger partial charge in [-0.15, -0.1) is 0 Å². The van der Waals surface area contributed by atoms with E-state index >= 15 is 0 Å². The van der Waals surface area contributed by atoms with Crippen molar-refractivity contribution in [2.45, 2.75) is 44.1 Å². The Labute approximate surface area is 232 Å². The van der Waals surface area contributed by atoms with Gasteiger partial charge in [-0.05, 0) is 53.6 Å². The predicted octanol–water partition coefficient (Wildman–Crippen LogP) is 5.38. The van der Waals surface area contributed by atoms with E-state index in [2.05, 4.69) is 70.6 Å². The number of hydrogen-bond acceptors (Lipinski definition) is 6. The molecule has 3 aromatic carbocycles. The second kappa shape index (κ2) is 11.1. The van der Waals surface area contributed by atoms with Crippen molar-refractivity contribution in [3.05, 3.63) is 124 Å². The van der Waals surface area contributed by atoms with E-state index in [9.17, 15) is 4.79 Å². The molecule has 1 N–H and O–H groups in total. The van der Waals surface area contributed by atoms with Crippen molar-refractivity contribution in [3.8, 4) is 5.75 Å². The molecule has 1 saturated heterocycles. The number of fused-ring (bicyclic) bond motifs is 1. The highest BCUT2D eigenvalue weighted by atomic mass is 16.6. The lowest BCUT2D eigenvalue weighted by Gasteiger charge is -2.37. The van der Waals surface area contributed by atoms with Gasteiger partial charge in [0.05, 0.1) is 37.9 Å². The van der Waals surface area contributed by atoms with E-state index in [4.69, 9.17) is 14.2 Å². The summed E-state index contributed by atoms with van der Waals surface area (Å²) in [7, 11) is 1.67. The Morgan fingerprint density at radius 2 is 1.68 bits per heavy atom. The molecule has 6 rings (SSSR count). The van der Waals surface area contributed by atoms with Gasteiger partial charge in [-0.25, -0.2) is 10.1 Å². The van der Waals surface area contributed by atoms with Crippen LogP contribution in [-0.4, -0.2) is 39.6 Å². The summed E-state index contributed by atoms with van der Waals surface area (Å²) in [5.74, 6) is 0.787. The van der Waals surface area contributed by atoms with Crippen molar-refractivity contribution in [2.75, 3.05) is 13.7 Å². The molecule has 0 saturated carbocycles. The molecule has 8 heteroatoms. The van der Waals surface area contributed by atoms with Gasteiger partial charge in [0.15, 0.2) is 5.52 Å². The summed E-state index contributed by atoms with van der Waals surface area (Å²) in [6.07, 6.45) is 5.41. The van der Waals surface area contributed by atoms with Crippen LogP contribution < -0.4 is 10.3 Å². The van der Waals surface area contributed by atoms with Crippen LogP contribution >= 0.6 is 0 Å². The number of hydrogen-bond donors (Lipinski definition) is 1. The molecule has 2 aromatic heterocycles. The van der Waals surface area contributed by atoms with Gasteiger partial charge >= 0.3 is 0 Å². The molecule has 0 spiro atoms. The fourth-order valence-corrected chi connectivity index (χ4v) is 5.56. The number of nitrogens with zero attached hydrogens (tertiary/aromatic N) is 3. The zero-order valence-electron chi connectivity index (χ0n) is 22.6. The van der Waals surface area contributed by atoms with Gasteiger partial charge in [-0.3, -0.25) is 4.79 Å². The first-order valence-corrected chi connectivity index (χ1v) is 13.6. The molecule has 1 fully saturated rings. The van der Waals surface area contributed by atoms with Crippen LogP contribution in [0, 0.1) is 0 Å². The quantitative estimate of drug-likeness (QED) is 0.255. The second-order valence-corrected chi connectivity index (χ2v) is 10.0. The lowest BCUT2D eigenvalue weighted by Crippen LogP contribution is -2.35. The maximum absolute atomic E-state index is 12.1. The molecule has 0 bridgehead atoms. The van der Waals surface area contributed by atoms with Gasteiger partial charge in [0, 0.05) is 0 Å². The summed E-state index contributed by atoms with van der Waals surface area (Å²) in [5.41, 5.74) is 4.19. The Balaban J connectivity index is 1.35. The van der Waals surface area contributed by atoms with E-state index in [0.717, 1.165) is 41.7 Å². The number of benzene rings is 3. The monoisotopic (exact) mass is 536 g/mol. The van der Waals surface area contributed by atoms with E-state index in [1.54, 1.807) is 19.6 Å². The van der Waals surface area contributed by atoms with Crippen molar-refractivity contribution in [1.29, 1.82) is 0 Å². The lowest BCUT2D eigenvalue weighted by atomic mass is 9.79. The SMILES string of the molecule is CCc1ccc(C(OCC2CCC(n3cnc4c(=O)[nH]ncc43)O2)(c2ccccc2)c2ccc(OC)cc2)cc1. The number of methoxy groups -OCH3 is 1. The van der Waals surface area contributed by atoms with E-state index < -0.39 is 5.60 Å². The van der Waals surface area contributed by atoms with Crippen LogP contribution in [0.25, 0.3) is 11.0 Å². The zero-order valence-corrected chi connectivity index (χ0v) is 22.6. The van der Waals surface area contributed by atoms with Gasteiger partial charge in [0.25, 0.3) is 5.56 Å². The third-order valence-electron chi connectivity index (χ3n) is 7.73. The minimum atomic E-state index is -0.861. The molecule has 3 atom stereocenters. The van der Waals surface area contributed by atoms with E-state index in [1.165, 1.54) is 5.56 Å². The summed E-state index contributed by atoms with van der Waals surface area (Å²) in [4.78, 5) is 16.4. The highest BCUT2D eigenvalue weighted by molar-refractivity contribution is 5.72. The second-order valence-electron chi connectivity index (χ2n) is 10.0. The Morgan fingerprint density at radius 3 is 2.38 bits per heavy atom. The van der Waals surface area contributed by atoms with Gasteiger partial charge in [0.1, 0.15) is 17.6 Å². The van der Waals surface area contributed by atoms with Crippen LogP contribution in [0.15, 0.2) is 96.2 Å². The van der Waals surface area contributed by atoms with Crippen molar-refractivity contribution < 1.29 is 14.2 Å². The maximum atomic E-state index is 12.1. The lowest BCUT2D eigenvalue weighted by molar-refractivity contribution is -0.0755. The van der Waals surface area contributed by atoms with Crippen LogP contribution in [0.3, 0.4) is 0 Å². The average molecular weight is 537 g/mol. The third kappa shape index (κ3) is 4.69. The van der Waals surface area contributed by atoms with Crippen molar-refractivity contribution in [2.24, 2.45) is 0 Å². The van der Waals surface area contributed by atoms with Gasteiger partial charge in [-0.2, -0.15) is 5.10 Å². The fraction of sp³-hybridized carbons (Fsp3) is 0.281. The first kappa shape index (κ1) is 26.0. The first-order valence-electron chi connectivity index (χ1n) is 13.6. The van der Waals surface area contributed by atoms with Gasteiger partial charge in [0.2, 0.25) is 0 Å². The Hall–Kier alpha value is -4.27. The average Bonchev–Trinajstić information content (AvgIpc) is 3.67. The summed E-state index contributed by atoms with van der Waals surface area (Å²) >= 11 is 0. The molecule has 204 valence electrons. The van der Waals surface area contributed by atoms with E-state index in [1.807, 2.05) is 34.9 Å². The number of aromatic amines is 1. The van der Waals surface area contributed by atoms with Crippen molar-refractivity contribution in [1.82, 2.24) is 19.7 Å².